The minimum absolute atomic E-state index is 0.155. The topological polar surface area (TPSA) is 40.5 Å². The van der Waals surface area contributed by atoms with E-state index < -0.39 is 5.41 Å². The molecule has 0 radical (unpaired) electrons. The Morgan fingerprint density at radius 3 is 2.29 bits per heavy atom. The summed E-state index contributed by atoms with van der Waals surface area (Å²) in [5, 5.41) is 18.1. The van der Waals surface area contributed by atoms with Crippen LogP contribution in [0.25, 0.3) is 0 Å². The van der Waals surface area contributed by atoms with E-state index in [1.807, 2.05) is 0 Å². The van der Waals surface area contributed by atoms with Crippen LogP contribution in [-0.4, -0.2) is 23.4 Å². The molecule has 14 heavy (non-hydrogen) atoms. The second kappa shape index (κ2) is 4.53. The average Bonchev–Trinajstić information content (AvgIpc) is 2.21. The highest BCUT2D eigenvalue weighted by molar-refractivity contribution is 5.18. The van der Waals surface area contributed by atoms with Crippen molar-refractivity contribution in [3.8, 4) is 0 Å². The summed E-state index contributed by atoms with van der Waals surface area (Å²) in [6.07, 6.45) is 0.340. The van der Waals surface area contributed by atoms with Gasteiger partial charge in [0.05, 0.1) is 13.2 Å². The largest absolute Gasteiger partial charge is 0.396 e. The maximum atomic E-state index is 13.2. The van der Waals surface area contributed by atoms with Gasteiger partial charge in [-0.3, -0.25) is 0 Å². The first-order chi connectivity index (χ1) is 6.61. The van der Waals surface area contributed by atoms with Crippen LogP contribution in [0.4, 0.5) is 4.39 Å². The molecular weight excluding hydrogens is 183 g/mol. The van der Waals surface area contributed by atoms with Crippen LogP contribution in [0.15, 0.2) is 24.3 Å². The van der Waals surface area contributed by atoms with E-state index in [0.717, 1.165) is 0 Å². The summed E-state index contributed by atoms with van der Waals surface area (Å²) in [6.45, 7) is 1.41. The number of hydrogen-bond acceptors (Lipinski definition) is 2. The monoisotopic (exact) mass is 198 g/mol. The molecule has 1 aromatic rings. The molecule has 0 spiro atoms. The van der Waals surface area contributed by atoms with Crippen LogP contribution in [0.5, 0.6) is 0 Å². The van der Waals surface area contributed by atoms with Gasteiger partial charge in [-0.2, -0.15) is 0 Å². The van der Waals surface area contributed by atoms with Crippen LogP contribution >= 0.6 is 0 Å². The second-order valence-electron chi connectivity index (χ2n) is 3.90. The van der Waals surface area contributed by atoms with Crippen LogP contribution in [0.3, 0.4) is 0 Å². The van der Waals surface area contributed by atoms with Crippen molar-refractivity contribution in [3.63, 3.8) is 0 Å². The zero-order chi connectivity index (χ0) is 10.6. The van der Waals surface area contributed by atoms with E-state index in [1.165, 1.54) is 6.07 Å². The summed E-state index contributed by atoms with van der Waals surface area (Å²) < 4.78 is 13.2. The molecule has 2 nitrogen and oxygen atoms in total. The lowest BCUT2D eigenvalue weighted by Gasteiger charge is -2.24. The highest BCUT2D eigenvalue weighted by Crippen LogP contribution is 2.22. The minimum atomic E-state index is -0.651. The van der Waals surface area contributed by atoms with Gasteiger partial charge in [0.15, 0.2) is 0 Å². The molecule has 0 aliphatic heterocycles. The molecule has 0 bridgehead atoms. The van der Waals surface area contributed by atoms with Gasteiger partial charge in [0, 0.05) is 5.41 Å². The normalized spacial score (nSPS) is 11.7. The van der Waals surface area contributed by atoms with Crippen molar-refractivity contribution < 1.29 is 14.6 Å². The first-order valence-corrected chi connectivity index (χ1v) is 4.56. The lowest BCUT2D eigenvalue weighted by atomic mass is 9.85. The Hall–Kier alpha value is -0.930. The lowest BCUT2D eigenvalue weighted by molar-refractivity contribution is 0.0697. The van der Waals surface area contributed by atoms with E-state index in [0.29, 0.717) is 12.0 Å². The Bertz CT molecular complexity index is 295. The van der Waals surface area contributed by atoms with Crippen molar-refractivity contribution in [1.82, 2.24) is 0 Å². The number of aliphatic hydroxyl groups is 2. The van der Waals surface area contributed by atoms with Gasteiger partial charge in [-0.25, -0.2) is 4.39 Å². The molecule has 0 saturated carbocycles. The first-order valence-electron chi connectivity index (χ1n) is 4.56. The SMILES string of the molecule is CC(CO)(CO)Cc1ccccc1F. The number of rotatable bonds is 4. The molecule has 1 rings (SSSR count). The molecule has 0 aliphatic rings. The van der Waals surface area contributed by atoms with Gasteiger partial charge >= 0.3 is 0 Å². The van der Waals surface area contributed by atoms with Gasteiger partial charge in [0.2, 0.25) is 0 Å². The molecule has 0 heterocycles. The number of benzene rings is 1. The van der Waals surface area contributed by atoms with Gasteiger partial charge in [-0.05, 0) is 18.1 Å². The predicted molar refractivity (Wildman–Crippen MR) is 52.4 cm³/mol. The Kier molecular flexibility index (Phi) is 3.61. The fraction of sp³-hybridized carbons (Fsp3) is 0.455. The van der Waals surface area contributed by atoms with E-state index in [4.69, 9.17) is 10.2 Å². The molecule has 0 fully saturated rings. The van der Waals surface area contributed by atoms with Crippen molar-refractivity contribution in [2.75, 3.05) is 13.2 Å². The van der Waals surface area contributed by atoms with Crippen LogP contribution < -0.4 is 0 Å². The van der Waals surface area contributed by atoms with Crippen LogP contribution in [0, 0.1) is 11.2 Å². The molecule has 1 aromatic carbocycles. The number of aliphatic hydroxyl groups excluding tert-OH is 2. The maximum Gasteiger partial charge on any atom is 0.126 e. The van der Waals surface area contributed by atoms with Gasteiger partial charge < -0.3 is 10.2 Å². The van der Waals surface area contributed by atoms with Crippen molar-refractivity contribution in [3.05, 3.63) is 35.6 Å². The van der Waals surface area contributed by atoms with Crippen LogP contribution in [0.2, 0.25) is 0 Å². The summed E-state index contributed by atoms with van der Waals surface area (Å²) >= 11 is 0. The van der Waals surface area contributed by atoms with Gasteiger partial charge in [-0.1, -0.05) is 25.1 Å². The molecule has 0 unspecified atom stereocenters. The lowest BCUT2D eigenvalue weighted by Crippen LogP contribution is -2.28. The summed E-state index contributed by atoms with van der Waals surface area (Å²) in [5.41, 5.74) is -0.125. The van der Waals surface area contributed by atoms with E-state index >= 15 is 0 Å². The quantitative estimate of drug-likeness (QED) is 0.767. The third kappa shape index (κ3) is 2.53. The standard InChI is InChI=1S/C11H15FO2/c1-11(7-13,8-14)6-9-4-2-3-5-10(9)12/h2-5,13-14H,6-8H2,1H3. The Labute approximate surface area is 83.0 Å². The van der Waals surface area contributed by atoms with E-state index in [2.05, 4.69) is 0 Å². The number of hydrogen-bond donors (Lipinski definition) is 2. The zero-order valence-corrected chi connectivity index (χ0v) is 8.20. The van der Waals surface area contributed by atoms with E-state index in [9.17, 15) is 4.39 Å². The van der Waals surface area contributed by atoms with Crippen LogP contribution in [0.1, 0.15) is 12.5 Å². The zero-order valence-electron chi connectivity index (χ0n) is 8.20. The smallest absolute Gasteiger partial charge is 0.126 e. The summed E-state index contributed by atoms with van der Waals surface area (Å²) in [5.74, 6) is -0.291. The Morgan fingerprint density at radius 2 is 1.79 bits per heavy atom. The van der Waals surface area contributed by atoms with Crippen molar-refractivity contribution in [2.24, 2.45) is 5.41 Å². The van der Waals surface area contributed by atoms with E-state index in [1.54, 1.807) is 25.1 Å². The second-order valence-corrected chi connectivity index (χ2v) is 3.90. The van der Waals surface area contributed by atoms with Gasteiger partial charge in [0.25, 0.3) is 0 Å². The fourth-order valence-corrected chi connectivity index (χ4v) is 1.26. The molecular formula is C11H15FO2. The molecule has 0 aliphatic carbocycles. The first kappa shape index (κ1) is 11.1. The highest BCUT2D eigenvalue weighted by atomic mass is 19.1. The molecule has 78 valence electrons. The Morgan fingerprint density at radius 1 is 1.21 bits per heavy atom. The van der Waals surface area contributed by atoms with Crippen molar-refractivity contribution in [1.29, 1.82) is 0 Å². The molecule has 3 heteroatoms. The average molecular weight is 198 g/mol. The Balaban J connectivity index is 2.82. The molecule has 0 saturated heterocycles. The summed E-state index contributed by atoms with van der Waals surface area (Å²) in [4.78, 5) is 0. The van der Waals surface area contributed by atoms with Gasteiger partial charge in [-0.15, -0.1) is 0 Å². The molecule has 0 aromatic heterocycles. The summed E-state index contributed by atoms with van der Waals surface area (Å²) in [6, 6.07) is 6.41. The van der Waals surface area contributed by atoms with Gasteiger partial charge in [0.1, 0.15) is 5.82 Å². The van der Waals surface area contributed by atoms with Crippen molar-refractivity contribution >= 4 is 0 Å². The van der Waals surface area contributed by atoms with Crippen molar-refractivity contribution in [2.45, 2.75) is 13.3 Å². The van der Waals surface area contributed by atoms with Crippen LogP contribution in [-0.2, 0) is 6.42 Å². The molecule has 0 amide bonds. The third-order valence-corrected chi connectivity index (χ3v) is 2.34. The highest BCUT2D eigenvalue weighted by Gasteiger charge is 2.23. The third-order valence-electron chi connectivity index (χ3n) is 2.34. The fourth-order valence-electron chi connectivity index (χ4n) is 1.26. The minimum Gasteiger partial charge on any atom is -0.396 e. The maximum absolute atomic E-state index is 13.2. The molecule has 0 atom stereocenters. The summed E-state index contributed by atoms with van der Waals surface area (Å²) in [7, 11) is 0. The number of halogens is 1. The molecule has 2 N–H and O–H groups in total. The predicted octanol–water partition coefficient (Wildman–Crippen LogP) is 1.36. The van der Waals surface area contributed by atoms with E-state index in [-0.39, 0.29) is 19.0 Å².